The number of carbonyl (C=O) groups is 6. The average Bonchev–Trinajstić information content (AvgIpc) is 3.62. The van der Waals surface area contributed by atoms with Gasteiger partial charge < -0.3 is 30.0 Å². The highest BCUT2D eigenvalue weighted by Gasteiger charge is 2.46. The first-order valence-corrected chi connectivity index (χ1v) is 25.5. The van der Waals surface area contributed by atoms with Crippen LogP contribution in [0, 0.1) is 20.8 Å². The molecular weight excluding hydrogens is 917 g/mol. The van der Waals surface area contributed by atoms with Gasteiger partial charge in [-0.25, -0.2) is 0 Å². The number of anilines is 1. The molecule has 17 nitrogen and oxygen atoms in total. The lowest BCUT2D eigenvalue weighted by Gasteiger charge is -2.37. The third kappa shape index (κ3) is 12.1. The van der Waals surface area contributed by atoms with Gasteiger partial charge in [0.05, 0.1) is 24.3 Å². The largest absolute Gasteiger partial charge is 0.493 e. The number of nitrogens with one attached hydrogen (secondary N) is 4. The maximum Gasteiger partial charge on any atom is 0.266 e. The molecule has 6 amide bonds. The molecule has 1 atom stereocenters. The molecule has 3 saturated heterocycles. The molecule has 0 bridgehead atoms. The van der Waals surface area contributed by atoms with Gasteiger partial charge in [0.2, 0.25) is 17.7 Å². The van der Waals surface area contributed by atoms with Crippen molar-refractivity contribution in [2.24, 2.45) is 0 Å². The first kappa shape index (κ1) is 51.7. The van der Waals surface area contributed by atoms with E-state index in [1.165, 1.54) is 5.56 Å². The van der Waals surface area contributed by atoms with Crippen LogP contribution in [0.15, 0.2) is 65.5 Å². The summed E-state index contributed by atoms with van der Waals surface area (Å²) in [5.74, 6) is -2.14. The van der Waals surface area contributed by atoms with Crippen molar-refractivity contribution in [2.75, 3.05) is 70.5 Å². The van der Waals surface area contributed by atoms with Crippen molar-refractivity contribution in [1.29, 1.82) is 0 Å². The highest BCUT2D eigenvalue weighted by atomic mass is 16.5. The Hall–Kier alpha value is -6.69. The van der Waals surface area contributed by atoms with Crippen LogP contribution >= 0.6 is 0 Å². The van der Waals surface area contributed by atoms with E-state index in [1.54, 1.807) is 18.2 Å². The number of H-pyrrole nitrogens is 1. The number of carbonyl (C=O) groups excluding carboxylic acids is 6. The Bertz CT molecular complexity index is 2720. The number of pyridine rings is 1. The van der Waals surface area contributed by atoms with Crippen LogP contribution in [0.4, 0.5) is 5.69 Å². The van der Waals surface area contributed by atoms with Crippen LogP contribution in [0.5, 0.6) is 5.75 Å². The maximum atomic E-state index is 14.0. The average molecular weight is 985 g/mol. The number of hydrogen-bond donors (Lipinski definition) is 4. The quantitative estimate of drug-likeness (QED) is 0.0669. The lowest BCUT2D eigenvalue weighted by Crippen LogP contribution is -2.54. The van der Waals surface area contributed by atoms with Crippen LogP contribution in [0.25, 0.3) is 11.1 Å². The van der Waals surface area contributed by atoms with Crippen LogP contribution in [-0.2, 0) is 32.2 Å². The number of aryl methyl sites for hydroxylation is 2. The fourth-order valence-electron chi connectivity index (χ4n) is 10.4. The molecule has 0 spiro atoms. The molecule has 8 rings (SSSR count). The van der Waals surface area contributed by atoms with E-state index in [0.29, 0.717) is 55.8 Å². The van der Waals surface area contributed by atoms with Gasteiger partial charge in [0.25, 0.3) is 23.3 Å². The fraction of sp³-hybridized carbons (Fsp3) is 0.473. The lowest BCUT2D eigenvalue weighted by molar-refractivity contribution is -0.136. The number of imide groups is 2. The number of hydrogen-bond acceptors (Lipinski definition) is 12. The molecule has 17 heteroatoms. The molecule has 1 unspecified atom stereocenters. The van der Waals surface area contributed by atoms with Crippen LogP contribution in [0.1, 0.15) is 117 Å². The van der Waals surface area contributed by atoms with E-state index in [-0.39, 0.29) is 47.9 Å². The number of fused-ring (bicyclic) bond motifs is 1. The summed E-state index contributed by atoms with van der Waals surface area (Å²) in [6.45, 7) is 15.6. The third-order valence-corrected chi connectivity index (χ3v) is 14.4. The molecule has 4 aliphatic heterocycles. The topological polar surface area (TPSA) is 203 Å². The van der Waals surface area contributed by atoms with E-state index in [2.05, 4.69) is 72.9 Å². The first-order chi connectivity index (χ1) is 34.8. The molecule has 4 N–H and O–H groups in total. The molecule has 5 heterocycles. The summed E-state index contributed by atoms with van der Waals surface area (Å²) in [5, 5.41) is 8.32. The Morgan fingerprint density at radius 3 is 2.28 bits per heavy atom. The zero-order chi connectivity index (χ0) is 50.9. The maximum absolute atomic E-state index is 14.0. The van der Waals surface area contributed by atoms with Gasteiger partial charge in [0.1, 0.15) is 11.8 Å². The van der Waals surface area contributed by atoms with Gasteiger partial charge in [-0.2, -0.15) is 0 Å². The predicted octanol–water partition coefficient (Wildman–Crippen LogP) is 5.18. The number of piperidine rings is 1. The molecular formula is C55H68N8O9. The lowest BCUT2D eigenvalue weighted by atomic mass is 9.94. The second-order valence-corrected chi connectivity index (χ2v) is 19.4. The summed E-state index contributed by atoms with van der Waals surface area (Å²) >= 11 is 0. The molecule has 4 aliphatic rings. The number of piperazine rings is 1. The molecule has 0 aliphatic carbocycles. The molecule has 0 radical (unpaired) electrons. The van der Waals surface area contributed by atoms with E-state index >= 15 is 0 Å². The van der Waals surface area contributed by atoms with Crippen molar-refractivity contribution in [2.45, 2.75) is 104 Å². The van der Waals surface area contributed by atoms with Crippen molar-refractivity contribution in [3.8, 4) is 16.9 Å². The van der Waals surface area contributed by atoms with Gasteiger partial charge in [-0.15, -0.1) is 0 Å². The van der Waals surface area contributed by atoms with Crippen LogP contribution < -0.4 is 31.1 Å². The molecule has 3 fully saturated rings. The minimum atomic E-state index is -1.03. The standard InChI is InChI=1S/C55H68N8O9/c1-5-62(41-19-27-71-28-20-41)46-31-40(30-43(37(46)4)51(66)57-32-44-35(2)29-36(3)58-52(44)67)39-15-13-38(14-16-39)33-60-22-24-61(25-23-60)34-49(65)56-21-8-6-7-9-26-72-47-12-10-11-42-50(47)55(70)63(54(42)69)45-17-18-48(64)59-53(45)68/h10-16,29-31,41,45H,5-9,17-28,32-34H2,1-4H3,(H,56,65)(H,57,66)(H,58,67)(H,59,64,68). The van der Waals surface area contributed by atoms with Crippen molar-refractivity contribution < 1.29 is 38.2 Å². The number of aromatic nitrogens is 1. The Morgan fingerprint density at radius 2 is 1.56 bits per heavy atom. The number of nitrogens with zero attached hydrogens (tertiary/aromatic N) is 4. The summed E-state index contributed by atoms with van der Waals surface area (Å²) < 4.78 is 11.6. The molecule has 3 aromatic carbocycles. The Kier molecular flexibility index (Phi) is 17.0. The summed E-state index contributed by atoms with van der Waals surface area (Å²) in [4.78, 5) is 101. The third-order valence-electron chi connectivity index (χ3n) is 14.4. The second kappa shape index (κ2) is 23.7. The van der Waals surface area contributed by atoms with Crippen molar-refractivity contribution in [3.63, 3.8) is 0 Å². The number of ether oxygens (including phenoxy) is 2. The Balaban J connectivity index is 0.769. The second-order valence-electron chi connectivity index (χ2n) is 19.4. The fourth-order valence-corrected chi connectivity index (χ4v) is 10.4. The predicted molar refractivity (Wildman–Crippen MR) is 273 cm³/mol. The molecule has 72 heavy (non-hydrogen) atoms. The van der Waals surface area contributed by atoms with Crippen LogP contribution in [-0.4, -0.2) is 133 Å². The van der Waals surface area contributed by atoms with E-state index in [0.717, 1.165) is 116 Å². The monoisotopic (exact) mass is 985 g/mol. The molecule has 382 valence electrons. The zero-order valence-corrected chi connectivity index (χ0v) is 42.0. The zero-order valence-electron chi connectivity index (χ0n) is 42.0. The van der Waals surface area contributed by atoms with E-state index < -0.39 is 29.7 Å². The van der Waals surface area contributed by atoms with Gasteiger partial charge in [-0.1, -0.05) is 43.2 Å². The minimum absolute atomic E-state index is 0.0113. The number of amides is 6. The van der Waals surface area contributed by atoms with E-state index in [9.17, 15) is 33.6 Å². The highest BCUT2D eigenvalue weighted by Crippen LogP contribution is 2.36. The highest BCUT2D eigenvalue weighted by molar-refractivity contribution is 6.24. The van der Waals surface area contributed by atoms with E-state index in [1.807, 2.05) is 32.9 Å². The molecule has 0 saturated carbocycles. The summed E-state index contributed by atoms with van der Waals surface area (Å²) in [7, 11) is 0. The number of aromatic amines is 1. The van der Waals surface area contributed by atoms with Gasteiger partial charge in [-0.3, -0.25) is 53.6 Å². The van der Waals surface area contributed by atoms with Crippen molar-refractivity contribution in [3.05, 3.63) is 116 Å². The number of benzene rings is 3. The van der Waals surface area contributed by atoms with Gasteiger partial charge in [0.15, 0.2) is 0 Å². The smallest absolute Gasteiger partial charge is 0.266 e. The number of rotatable bonds is 20. The van der Waals surface area contributed by atoms with E-state index in [4.69, 9.17) is 9.47 Å². The van der Waals surface area contributed by atoms with Crippen LogP contribution in [0.2, 0.25) is 0 Å². The summed E-state index contributed by atoms with van der Waals surface area (Å²) in [6, 6.07) is 18.8. The van der Waals surface area contributed by atoms with Gasteiger partial charge in [0, 0.05) is 101 Å². The van der Waals surface area contributed by atoms with Crippen LogP contribution in [0.3, 0.4) is 0 Å². The SMILES string of the molecule is CCN(c1cc(-c2ccc(CN3CCN(CC(=O)NCCCCCCOc4cccc5c4C(=O)N(C4CCC(=O)NC4=O)C5=O)CC3)cc2)cc(C(=O)NCc2c(C)cc(C)[nH]c2=O)c1C)C1CCOCC1. The molecule has 1 aromatic heterocycles. The van der Waals surface area contributed by atoms with Crippen molar-refractivity contribution >= 4 is 41.1 Å². The van der Waals surface area contributed by atoms with Crippen molar-refractivity contribution in [1.82, 2.24) is 35.6 Å². The first-order valence-electron chi connectivity index (χ1n) is 25.5. The Morgan fingerprint density at radius 1 is 0.819 bits per heavy atom. The van der Waals surface area contributed by atoms with Gasteiger partial charge in [-0.05, 0) is 118 Å². The summed E-state index contributed by atoms with van der Waals surface area (Å²) in [5.41, 5.74) is 7.98. The Labute approximate surface area is 421 Å². The summed E-state index contributed by atoms with van der Waals surface area (Å²) in [6.07, 6.45) is 5.25. The number of unbranched alkanes of at least 4 members (excludes halogenated alkanes) is 3. The van der Waals surface area contributed by atoms with Gasteiger partial charge >= 0.3 is 0 Å². The molecule has 4 aromatic rings. The normalized spacial score (nSPS) is 17.7. The minimum Gasteiger partial charge on any atom is -0.493 e.